The fourth-order valence-electron chi connectivity index (χ4n) is 3.85. The SMILES string of the molecule is Cc1ccc(-c2nc3ccccc3c(=O)n2N=Cc2ccccc2OC(=O)c2cccc(C)c2)cc1. The highest BCUT2D eigenvalue weighted by Gasteiger charge is 2.14. The Labute approximate surface area is 208 Å². The summed E-state index contributed by atoms with van der Waals surface area (Å²) in [6.07, 6.45) is 1.51. The van der Waals surface area contributed by atoms with Gasteiger partial charge in [0.25, 0.3) is 5.56 Å². The van der Waals surface area contributed by atoms with Crippen LogP contribution >= 0.6 is 0 Å². The van der Waals surface area contributed by atoms with Crippen LogP contribution in [0.5, 0.6) is 5.75 Å². The molecule has 0 aliphatic rings. The molecule has 0 atom stereocenters. The molecule has 5 aromatic rings. The van der Waals surface area contributed by atoms with Gasteiger partial charge in [-0.1, -0.05) is 71.8 Å². The fraction of sp³-hybridized carbons (Fsp3) is 0.0667. The Hall–Kier alpha value is -4.84. The van der Waals surface area contributed by atoms with Crippen LogP contribution in [-0.2, 0) is 0 Å². The lowest BCUT2D eigenvalue weighted by Crippen LogP contribution is -2.20. The predicted molar refractivity (Wildman–Crippen MR) is 142 cm³/mol. The number of nitrogens with zero attached hydrogens (tertiary/aromatic N) is 3. The van der Waals surface area contributed by atoms with Crippen LogP contribution in [0.2, 0.25) is 0 Å². The number of ether oxygens (including phenoxy) is 1. The Morgan fingerprint density at radius 1 is 0.861 bits per heavy atom. The van der Waals surface area contributed by atoms with Gasteiger partial charge < -0.3 is 4.74 Å². The molecule has 1 aromatic heterocycles. The van der Waals surface area contributed by atoms with Crippen molar-refractivity contribution in [1.82, 2.24) is 9.66 Å². The number of hydrogen-bond donors (Lipinski definition) is 0. The molecule has 6 nitrogen and oxygen atoms in total. The van der Waals surface area contributed by atoms with Crippen LogP contribution in [0.1, 0.15) is 27.0 Å². The standard InChI is InChI=1S/C30H23N3O3/c1-20-14-16-22(17-15-20)28-32-26-12-5-4-11-25(26)29(34)33(28)31-19-24-9-3-6-13-27(24)36-30(35)23-10-7-8-21(2)18-23/h3-19H,1-2H3. The third kappa shape index (κ3) is 4.70. The zero-order chi connectivity index (χ0) is 25.1. The van der Waals surface area contributed by atoms with Crippen molar-refractivity contribution in [2.45, 2.75) is 13.8 Å². The monoisotopic (exact) mass is 473 g/mol. The van der Waals surface area contributed by atoms with Crippen molar-refractivity contribution < 1.29 is 9.53 Å². The molecule has 0 aliphatic carbocycles. The lowest BCUT2D eigenvalue weighted by atomic mass is 10.1. The molecule has 0 radical (unpaired) electrons. The molecule has 1 heterocycles. The van der Waals surface area contributed by atoms with E-state index in [4.69, 9.17) is 9.72 Å². The number of benzene rings is 4. The van der Waals surface area contributed by atoms with Crippen LogP contribution < -0.4 is 10.3 Å². The first-order chi connectivity index (χ1) is 17.5. The number of aryl methyl sites for hydroxylation is 2. The van der Waals surface area contributed by atoms with E-state index < -0.39 is 5.97 Å². The molecule has 0 aliphatic heterocycles. The molecule has 5 rings (SSSR count). The second-order valence-electron chi connectivity index (χ2n) is 8.48. The Morgan fingerprint density at radius 2 is 1.61 bits per heavy atom. The summed E-state index contributed by atoms with van der Waals surface area (Å²) in [4.78, 5) is 30.9. The summed E-state index contributed by atoms with van der Waals surface area (Å²) in [5, 5.41) is 4.97. The van der Waals surface area contributed by atoms with Crippen molar-refractivity contribution in [2.75, 3.05) is 0 Å². The lowest BCUT2D eigenvalue weighted by molar-refractivity contribution is 0.0734. The molecule has 4 aromatic carbocycles. The molecule has 0 unspecified atom stereocenters. The van der Waals surface area contributed by atoms with E-state index in [0.717, 1.165) is 16.7 Å². The van der Waals surface area contributed by atoms with E-state index in [0.29, 0.717) is 33.6 Å². The minimum Gasteiger partial charge on any atom is -0.422 e. The van der Waals surface area contributed by atoms with Gasteiger partial charge in [0.1, 0.15) is 5.75 Å². The zero-order valence-corrected chi connectivity index (χ0v) is 19.9. The van der Waals surface area contributed by atoms with E-state index in [2.05, 4.69) is 5.10 Å². The summed E-state index contributed by atoms with van der Waals surface area (Å²) in [6, 6.07) is 29.2. The first kappa shape index (κ1) is 22.9. The quantitative estimate of drug-likeness (QED) is 0.184. The normalized spacial score (nSPS) is 11.2. The molecule has 0 N–H and O–H groups in total. The molecule has 176 valence electrons. The molecule has 0 spiro atoms. The van der Waals surface area contributed by atoms with Crippen molar-refractivity contribution in [3.63, 3.8) is 0 Å². The van der Waals surface area contributed by atoms with Gasteiger partial charge in [-0.3, -0.25) is 4.79 Å². The number of esters is 1. The average Bonchev–Trinajstić information content (AvgIpc) is 2.89. The minimum absolute atomic E-state index is 0.290. The first-order valence-electron chi connectivity index (χ1n) is 11.5. The molecule has 0 saturated carbocycles. The second-order valence-corrected chi connectivity index (χ2v) is 8.48. The molecular weight excluding hydrogens is 450 g/mol. The highest BCUT2D eigenvalue weighted by atomic mass is 16.5. The van der Waals surface area contributed by atoms with Gasteiger partial charge in [-0.05, 0) is 50.2 Å². The zero-order valence-electron chi connectivity index (χ0n) is 19.9. The van der Waals surface area contributed by atoms with Gasteiger partial charge in [0.15, 0.2) is 5.82 Å². The van der Waals surface area contributed by atoms with Crippen LogP contribution in [-0.4, -0.2) is 21.8 Å². The van der Waals surface area contributed by atoms with E-state index in [-0.39, 0.29) is 5.56 Å². The van der Waals surface area contributed by atoms with Gasteiger partial charge in [0, 0.05) is 11.1 Å². The second kappa shape index (κ2) is 9.80. The summed E-state index contributed by atoms with van der Waals surface area (Å²) >= 11 is 0. The van der Waals surface area contributed by atoms with Crippen LogP contribution in [0, 0.1) is 13.8 Å². The number of para-hydroxylation sites is 2. The Bertz CT molecular complexity index is 1670. The Kier molecular flexibility index (Phi) is 6.24. The Morgan fingerprint density at radius 3 is 2.42 bits per heavy atom. The summed E-state index contributed by atoms with van der Waals surface area (Å²) in [7, 11) is 0. The molecular formula is C30H23N3O3. The van der Waals surface area contributed by atoms with Crippen LogP contribution in [0.25, 0.3) is 22.3 Å². The van der Waals surface area contributed by atoms with E-state index in [1.807, 2.05) is 68.4 Å². The van der Waals surface area contributed by atoms with E-state index in [9.17, 15) is 9.59 Å². The lowest BCUT2D eigenvalue weighted by Gasteiger charge is -2.11. The highest BCUT2D eigenvalue weighted by molar-refractivity contribution is 5.93. The van der Waals surface area contributed by atoms with E-state index in [1.165, 1.54) is 10.9 Å². The fourth-order valence-corrected chi connectivity index (χ4v) is 3.85. The van der Waals surface area contributed by atoms with E-state index >= 15 is 0 Å². The van der Waals surface area contributed by atoms with Gasteiger partial charge in [-0.25, -0.2) is 9.78 Å². The van der Waals surface area contributed by atoms with E-state index in [1.54, 1.807) is 42.5 Å². The van der Waals surface area contributed by atoms with Gasteiger partial charge >= 0.3 is 5.97 Å². The maximum atomic E-state index is 13.4. The van der Waals surface area contributed by atoms with Crippen molar-refractivity contribution in [1.29, 1.82) is 0 Å². The third-order valence-corrected chi connectivity index (χ3v) is 5.75. The van der Waals surface area contributed by atoms with Gasteiger partial charge in [0.05, 0.1) is 22.7 Å². The molecule has 36 heavy (non-hydrogen) atoms. The summed E-state index contributed by atoms with van der Waals surface area (Å²) in [5.41, 5.74) is 4.14. The van der Waals surface area contributed by atoms with Crippen molar-refractivity contribution in [2.24, 2.45) is 5.10 Å². The third-order valence-electron chi connectivity index (χ3n) is 5.75. The number of carbonyl (C=O) groups excluding carboxylic acids is 1. The average molecular weight is 474 g/mol. The summed E-state index contributed by atoms with van der Waals surface area (Å²) in [6.45, 7) is 3.91. The number of rotatable bonds is 5. The highest BCUT2D eigenvalue weighted by Crippen LogP contribution is 2.21. The minimum atomic E-state index is -0.468. The predicted octanol–water partition coefficient (Wildman–Crippen LogP) is 5.78. The van der Waals surface area contributed by atoms with Gasteiger partial charge in [-0.2, -0.15) is 9.78 Å². The van der Waals surface area contributed by atoms with Crippen LogP contribution in [0.15, 0.2) is 107 Å². The molecule has 0 saturated heterocycles. The van der Waals surface area contributed by atoms with Gasteiger partial charge in [-0.15, -0.1) is 0 Å². The molecule has 0 amide bonds. The number of hydrogen-bond acceptors (Lipinski definition) is 5. The maximum absolute atomic E-state index is 13.4. The number of carbonyl (C=O) groups is 1. The summed E-state index contributed by atoms with van der Waals surface area (Å²) in [5.74, 6) is 0.292. The molecule has 0 fully saturated rings. The first-order valence-corrected chi connectivity index (χ1v) is 11.5. The maximum Gasteiger partial charge on any atom is 0.343 e. The van der Waals surface area contributed by atoms with Crippen LogP contribution in [0.3, 0.4) is 0 Å². The van der Waals surface area contributed by atoms with Crippen molar-refractivity contribution in [3.05, 3.63) is 130 Å². The van der Waals surface area contributed by atoms with Crippen molar-refractivity contribution >= 4 is 23.1 Å². The molecule has 6 heteroatoms. The topological polar surface area (TPSA) is 73.6 Å². The van der Waals surface area contributed by atoms with Crippen molar-refractivity contribution in [3.8, 4) is 17.1 Å². The Balaban J connectivity index is 1.57. The smallest absolute Gasteiger partial charge is 0.343 e. The summed E-state index contributed by atoms with van der Waals surface area (Å²) < 4.78 is 6.95. The molecule has 0 bridgehead atoms. The van der Waals surface area contributed by atoms with Gasteiger partial charge in [0.2, 0.25) is 0 Å². The largest absolute Gasteiger partial charge is 0.422 e. The number of fused-ring (bicyclic) bond motifs is 1. The number of aromatic nitrogens is 2. The van der Waals surface area contributed by atoms with Crippen LogP contribution in [0.4, 0.5) is 0 Å².